The highest BCUT2D eigenvalue weighted by Gasteiger charge is 2.19. The van der Waals surface area contributed by atoms with Gasteiger partial charge in [-0.2, -0.15) is 0 Å². The van der Waals surface area contributed by atoms with Crippen molar-refractivity contribution in [3.05, 3.63) is 85.1 Å². The average Bonchev–Trinajstić information content (AvgIpc) is 3.34. The maximum absolute atomic E-state index is 13.7. The molecule has 0 radical (unpaired) electrons. The molecule has 3 heterocycles. The summed E-state index contributed by atoms with van der Waals surface area (Å²) in [6.45, 7) is 3.95. The van der Waals surface area contributed by atoms with E-state index in [9.17, 15) is 4.39 Å². The van der Waals surface area contributed by atoms with Gasteiger partial charge in [-0.05, 0) is 55.6 Å². The zero-order valence-corrected chi connectivity index (χ0v) is 19.9. The van der Waals surface area contributed by atoms with E-state index < -0.39 is 0 Å². The number of rotatable bonds is 5. The van der Waals surface area contributed by atoms with Crippen molar-refractivity contribution >= 4 is 28.1 Å². The molecule has 0 spiro atoms. The summed E-state index contributed by atoms with van der Waals surface area (Å²) in [5, 5.41) is 3.62. The number of imidazole rings is 1. The van der Waals surface area contributed by atoms with Crippen molar-refractivity contribution in [2.75, 3.05) is 43.4 Å². The summed E-state index contributed by atoms with van der Waals surface area (Å²) in [5.41, 5.74) is 7.32. The molecule has 7 nitrogen and oxygen atoms in total. The Morgan fingerprint density at radius 1 is 0.889 bits per heavy atom. The fourth-order valence-electron chi connectivity index (χ4n) is 4.55. The molecule has 0 bridgehead atoms. The van der Waals surface area contributed by atoms with Crippen molar-refractivity contribution in [2.45, 2.75) is 0 Å². The predicted molar refractivity (Wildman–Crippen MR) is 142 cm³/mol. The molecule has 5 aromatic rings. The number of hydrogen-bond donors (Lipinski definition) is 2. The Kier molecular flexibility index (Phi) is 5.79. The minimum Gasteiger partial charge on any atom is -0.367 e. The maximum atomic E-state index is 13.7. The molecule has 180 valence electrons. The van der Waals surface area contributed by atoms with Crippen LogP contribution in [0.25, 0.3) is 33.7 Å². The second-order valence-electron chi connectivity index (χ2n) is 9.06. The van der Waals surface area contributed by atoms with Gasteiger partial charge in [0.2, 0.25) is 0 Å². The Morgan fingerprint density at radius 3 is 2.47 bits per heavy atom. The molecule has 1 saturated heterocycles. The van der Waals surface area contributed by atoms with Gasteiger partial charge in [0, 0.05) is 55.4 Å². The Labute approximate surface area is 208 Å². The zero-order chi connectivity index (χ0) is 24.5. The number of halogens is 1. The number of benzene rings is 3. The number of H-pyrrole nitrogens is 1. The lowest BCUT2D eigenvalue weighted by molar-refractivity contribution is 0.313. The van der Waals surface area contributed by atoms with Crippen molar-refractivity contribution in [3.8, 4) is 22.6 Å². The Hall–Kier alpha value is -4.30. The van der Waals surface area contributed by atoms with Crippen molar-refractivity contribution in [3.63, 3.8) is 0 Å². The summed E-state index contributed by atoms with van der Waals surface area (Å²) in [6, 6.07) is 19.1. The van der Waals surface area contributed by atoms with Crippen molar-refractivity contribution in [1.82, 2.24) is 24.8 Å². The minimum atomic E-state index is -0.282. The number of likely N-dealkylation sites (N-methyl/N-ethyl adjacent to an activating group) is 1. The summed E-state index contributed by atoms with van der Waals surface area (Å²) in [7, 11) is 2.16. The number of fused-ring (bicyclic) bond motifs is 1. The third kappa shape index (κ3) is 4.50. The highest BCUT2D eigenvalue weighted by atomic mass is 19.1. The van der Waals surface area contributed by atoms with E-state index in [1.165, 1.54) is 12.1 Å². The summed E-state index contributed by atoms with van der Waals surface area (Å²) in [5.74, 6) is 0.428. The van der Waals surface area contributed by atoms with E-state index in [-0.39, 0.29) is 5.82 Å². The first-order chi connectivity index (χ1) is 17.6. The molecule has 2 aromatic heterocycles. The summed E-state index contributed by atoms with van der Waals surface area (Å²) < 4.78 is 13.7. The van der Waals surface area contributed by atoms with Gasteiger partial charge in [-0.25, -0.2) is 9.37 Å². The molecular formula is C28H26FN7. The van der Waals surface area contributed by atoms with Gasteiger partial charge in [0.05, 0.1) is 34.3 Å². The normalized spacial score (nSPS) is 14.3. The molecule has 2 N–H and O–H groups in total. The molecule has 36 heavy (non-hydrogen) atoms. The first-order valence-corrected chi connectivity index (χ1v) is 12.0. The first-order valence-electron chi connectivity index (χ1n) is 12.0. The van der Waals surface area contributed by atoms with Crippen LogP contribution >= 0.6 is 0 Å². The number of aromatic nitrogens is 4. The quantitative estimate of drug-likeness (QED) is 0.355. The highest BCUT2D eigenvalue weighted by molar-refractivity contribution is 5.84. The number of aromatic amines is 1. The minimum absolute atomic E-state index is 0.282. The largest absolute Gasteiger partial charge is 0.367 e. The van der Waals surface area contributed by atoms with Crippen LogP contribution in [0.2, 0.25) is 0 Å². The second-order valence-corrected chi connectivity index (χ2v) is 9.06. The molecule has 0 atom stereocenters. The molecule has 8 heteroatoms. The standard InChI is InChI=1S/C28H26FN7/c1-35-12-14-36(15-13-35)27-9-4-20(28-33-23-8-5-21(29)17-24(23)34-28)16-25(27)32-22-6-2-19(3-7-22)26-18-30-10-11-31-26/h2-11,16-18,32H,12-15H2,1H3,(H,33,34). The van der Waals surface area contributed by atoms with Crippen LogP contribution in [0.1, 0.15) is 0 Å². The van der Waals surface area contributed by atoms with Crippen LogP contribution in [0.5, 0.6) is 0 Å². The van der Waals surface area contributed by atoms with E-state index in [0.717, 1.165) is 65.6 Å². The van der Waals surface area contributed by atoms with Crippen molar-refractivity contribution in [2.24, 2.45) is 0 Å². The van der Waals surface area contributed by atoms with Crippen LogP contribution in [-0.4, -0.2) is 58.1 Å². The summed E-state index contributed by atoms with van der Waals surface area (Å²) in [4.78, 5) is 21.3. The number of hydrogen-bond acceptors (Lipinski definition) is 6. The third-order valence-corrected chi connectivity index (χ3v) is 6.58. The Morgan fingerprint density at radius 2 is 1.69 bits per heavy atom. The van der Waals surface area contributed by atoms with Crippen LogP contribution in [0.4, 0.5) is 21.5 Å². The number of nitrogens with one attached hydrogen (secondary N) is 2. The molecule has 0 amide bonds. The highest BCUT2D eigenvalue weighted by Crippen LogP contribution is 2.34. The molecule has 1 aliphatic heterocycles. The number of anilines is 3. The monoisotopic (exact) mass is 479 g/mol. The summed E-state index contributed by atoms with van der Waals surface area (Å²) >= 11 is 0. The van der Waals surface area contributed by atoms with Gasteiger partial charge in [0.15, 0.2) is 0 Å². The van der Waals surface area contributed by atoms with Crippen LogP contribution in [0.3, 0.4) is 0 Å². The van der Waals surface area contributed by atoms with E-state index in [1.54, 1.807) is 24.7 Å². The van der Waals surface area contributed by atoms with Crippen molar-refractivity contribution in [1.29, 1.82) is 0 Å². The van der Waals surface area contributed by atoms with Gasteiger partial charge in [-0.1, -0.05) is 12.1 Å². The smallest absolute Gasteiger partial charge is 0.138 e. The van der Waals surface area contributed by atoms with Gasteiger partial charge >= 0.3 is 0 Å². The van der Waals surface area contributed by atoms with Crippen LogP contribution in [0.15, 0.2) is 79.3 Å². The van der Waals surface area contributed by atoms with Gasteiger partial charge in [-0.3, -0.25) is 9.97 Å². The average molecular weight is 480 g/mol. The second kappa shape index (κ2) is 9.39. The zero-order valence-electron chi connectivity index (χ0n) is 19.9. The Balaban J connectivity index is 1.35. The number of piperazine rings is 1. The van der Waals surface area contributed by atoms with Crippen LogP contribution in [0, 0.1) is 5.82 Å². The van der Waals surface area contributed by atoms with E-state index in [4.69, 9.17) is 0 Å². The molecule has 0 unspecified atom stereocenters. The molecular weight excluding hydrogens is 453 g/mol. The Bertz CT molecular complexity index is 1490. The van der Waals surface area contributed by atoms with E-state index in [1.807, 2.05) is 12.1 Å². The lowest BCUT2D eigenvalue weighted by Gasteiger charge is -2.35. The van der Waals surface area contributed by atoms with E-state index >= 15 is 0 Å². The van der Waals surface area contributed by atoms with Gasteiger partial charge in [0.1, 0.15) is 11.6 Å². The maximum Gasteiger partial charge on any atom is 0.138 e. The fourth-order valence-corrected chi connectivity index (χ4v) is 4.55. The molecule has 0 aliphatic carbocycles. The molecule has 3 aromatic carbocycles. The SMILES string of the molecule is CN1CCN(c2ccc(-c3nc4ccc(F)cc4[nH]3)cc2Nc2ccc(-c3cnccn3)cc2)CC1. The predicted octanol–water partition coefficient (Wildman–Crippen LogP) is 5.32. The van der Waals surface area contributed by atoms with Gasteiger partial charge in [0.25, 0.3) is 0 Å². The third-order valence-electron chi connectivity index (χ3n) is 6.58. The summed E-state index contributed by atoms with van der Waals surface area (Å²) in [6.07, 6.45) is 5.13. The molecule has 1 fully saturated rings. The van der Waals surface area contributed by atoms with E-state index in [2.05, 4.69) is 72.4 Å². The lowest BCUT2D eigenvalue weighted by atomic mass is 10.1. The number of nitrogens with zero attached hydrogens (tertiary/aromatic N) is 5. The molecule has 6 rings (SSSR count). The van der Waals surface area contributed by atoms with Crippen LogP contribution < -0.4 is 10.2 Å². The molecule has 0 saturated carbocycles. The van der Waals surface area contributed by atoms with Gasteiger partial charge in [-0.15, -0.1) is 0 Å². The first kappa shape index (κ1) is 22.2. The molecule has 1 aliphatic rings. The lowest BCUT2D eigenvalue weighted by Crippen LogP contribution is -2.44. The topological polar surface area (TPSA) is 73.0 Å². The van der Waals surface area contributed by atoms with E-state index in [0.29, 0.717) is 11.3 Å². The van der Waals surface area contributed by atoms with Crippen molar-refractivity contribution < 1.29 is 4.39 Å². The van der Waals surface area contributed by atoms with Crippen LogP contribution in [-0.2, 0) is 0 Å². The fraction of sp³-hybridized carbons (Fsp3) is 0.179. The van der Waals surface area contributed by atoms with Gasteiger partial charge < -0.3 is 20.1 Å².